The maximum atomic E-state index is 11.6. The Morgan fingerprint density at radius 2 is 2.13 bits per heavy atom. The monoisotopic (exact) mass is 203 g/mol. The van der Waals surface area contributed by atoms with Crippen molar-refractivity contribution in [2.75, 3.05) is 5.73 Å². The number of rotatable bonds is 1. The first-order chi connectivity index (χ1) is 7.13. The molecule has 2 rings (SSSR count). The number of anilines is 1. The fourth-order valence-electron chi connectivity index (χ4n) is 1.82. The lowest BCUT2D eigenvalue weighted by atomic mass is 10.0. The van der Waals surface area contributed by atoms with E-state index < -0.39 is 0 Å². The van der Waals surface area contributed by atoms with Gasteiger partial charge in [-0.1, -0.05) is 6.92 Å². The predicted octanol–water partition coefficient (Wildman–Crippen LogP) is 2.25. The lowest BCUT2D eigenvalue weighted by molar-refractivity contribution is 0.550. The summed E-state index contributed by atoms with van der Waals surface area (Å²) in [6.07, 6.45) is 0.689. The summed E-state index contributed by atoms with van der Waals surface area (Å²) in [7, 11) is 0. The molecule has 1 aromatic heterocycles. The van der Waals surface area contributed by atoms with Crippen LogP contribution in [0.1, 0.15) is 18.1 Å². The molecule has 2 aromatic rings. The van der Waals surface area contributed by atoms with Crippen LogP contribution >= 0.6 is 0 Å². The van der Waals surface area contributed by atoms with Crippen molar-refractivity contribution in [1.29, 1.82) is 0 Å². The summed E-state index contributed by atoms with van der Waals surface area (Å²) in [5.74, 6) is 0. The van der Waals surface area contributed by atoms with E-state index in [1.54, 1.807) is 6.07 Å². The van der Waals surface area contributed by atoms with Crippen LogP contribution in [0, 0.1) is 6.92 Å². The van der Waals surface area contributed by atoms with E-state index in [-0.39, 0.29) is 5.63 Å². The summed E-state index contributed by atoms with van der Waals surface area (Å²) in [5.41, 5.74) is 8.28. The third kappa shape index (κ3) is 1.50. The largest absolute Gasteiger partial charge is 0.422 e. The minimum atomic E-state index is -0.256. The zero-order valence-electron chi connectivity index (χ0n) is 8.83. The molecule has 0 aliphatic rings. The van der Waals surface area contributed by atoms with Crippen molar-refractivity contribution in [3.8, 4) is 0 Å². The number of hydrogen-bond donors (Lipinski definition) is 1. The minimum Gasteiger partial charge on any atom is -0.422 e. The Hall–Kier alpha value is -1.77. The minimum absolute atomic E-state index is 0.256. The van der Waals surface area contributed by atoms with Crippen LogP contribution < -0.4 is 11.4 Å². The lowest BCUT2D eigenvalue weighted by Gasteiger charge is -2.05. The van der Waals surface area contributed by atoms with Crippen LogP contribution in [0.5, 0.6) is 0 Å². The van der Waals surface area contributed by atoms with Crippen molar-refractivity contribution >= 4 is 16.7 Å². The molecule has 0 amide bonds. The summed E-state index contributed by atoms with van der Waals surface area (Å²) in [5, 5.41) is 0.959. The van der Waals surface area contributed by atoms with Crippen LogP contribution in [0.3, 0.4) is 0 Å². The first-order valence-corrected chi connectivity index (χ1v) is 4.95. The summed E-state index contributed by atoms with van der Waals surface area (Å²) < 4.78 is 5.21. The van der Waals surface area contributed by atoms with Gasteiger partial charge in [-0.05, 0) is 31.0 Å². The highest BCUT2D eigenvalue weighted by atomic mass is 16.4. The summed E-state index contributed by atoms with van der Waals surface area (Å²) in [4.78, 5) is 11.6. The van der Waals surface area contributed by atoms with Crippen LogP contribution in [0.4, 0.5) is 5.69 Å². The first kappa shape index (κ1) is 9.77. The van der Waals surface area contributed by atoms with Gasteiger partial charge >= 0.3 is 5.63 Å². The molecule has 0 atom stereocenters. The van der Waals surface area contributed by atoms with Gasteiger partial charge < -0.3 is 10.2 Å². The van der Waals surface area contributed by atoms with Gasteiger partial charge in [-0.2, -0.15) is 0 Å². The highest BCUT2D eigenvalue weighted by molar-refractivity contribution is 5.83. The summed E-state index contributed by atoms with van der Waals surface area (Å²) in [6, 6.07) is 5.39. The second-order valence-corrected chi connectivity index (χ2v) is 3.60. The Morgan fingerprint density at radius 1 is 1.40 bits per heavy atom. The van der Waals surface area contributed by atoms with Gasteiger partial charge in [0.25, 0.3) is 0 Å². The van der Waals surface area contributed by atoms with Gasteiger partial charge in [-0.15, -0.1) is 0 Å². The normalized spacial score (nSPS) is 10.8. The van der Waals surface area contributed by atoms with E-state index in [9.17, 15) is 4.79 Å². The topological polar surface area (TPSA) is 56.2 Å². The van der Waals surface area contributed by atoms with Gasteiger partial charge in [-0.3, -0.25) is 0 Å². The maximum Gasteiger partial charge on any atom is 0.339 e. The highest BCUT2D eigenvalue weighted by Gasteiger charge is 2.09. The predicted molar refractivity (Wildman–Crippen MR) is 61.0 cm³/mol. The average molecular weight is 203 g/mol. The van der Waals surface area contributed by atoms with E-state index in [0.29, 0.717) is 17.7 Å². The van der Waals surface area contributed by atoms with Crippen LogP contribution in [0.25, 0.3) is 11.0 Å². The third-order valence-corrected chi connectivity index (χ3v) is 2.66. The van der Waals surface area contributed by atoms with Crippen LogP contribution in [0.2, 0.25) is 0 Å². The van der Waals surface area contributed by atoms with Crippen molar-refractivity contribution in [3.63, 3.8) is 0 Å². The molecule has 0 unspecified atom stereocenters. The Morgan fingerprint density at radius 3 is 2.80 bits per heavy atom. The van der Waals surface area contributed by atoms with Crippen molar-refractivity contribution in [2.45, 2.75) is 20.3 Å². The molecule has 0 spiro atoms. The number of benzene rings is 1. The fraction of sp³-hybridized carbons (Fsp3) is 0.250. The van der Waals surface area contributed by atoms with Gasteiger partial charge in [0.15, 0.2) is 0 Å². The maximum absolute atomic E-state index is 11.6. The smallest absolute Gasteiger partial charge is 0.339 e. The Bertz CT molecular complexity index is 570. The molecule has 0 aliphatic carbocycles. The molecule has 1 aromatic carbocycles. The molecule has 0 saturated heterocycles. The van der Waals surface area contributed by atoms with Crippen LogP contribution in [0.15, 0.2) is 27.4 Å². The molecule has 3 nitrogen and oxygen atoms in total. The zero-order chi connectivity index (χ0) is 11.0. The average Bonchev–Trinajstić information content (AvgIpc) is 2.17. The SMILES string of the molecule is CCc1c(C)c2ccc(N)cc2oc1=O. The molecule has 15 heavy (non-hydrogen) atoms. The second kappa shape index (κ2) is 3.42. The van der Waals surface area contributed by atoms with Crippen LogP contribution in [-0.4, -0.2) is 0 Å². The molecular formula is C12H13NO2. The third-order valence-electron chi connectivity index (χ3n) is 2.66. The van der Waals surface area contributed by atoms with Gasteiger partial charge in [0.1, 0.15) is 5.58 Å². The number of fused-ring (bicyclic) bond motifs is 1. The van der Waals surface area contributed by atoms with Gasteiger partial charge in [0.05, 0.1) is 0 Å². The number of aryl methyl sites for hydroxylation is 1. The van der Waals surface area contributed by atoms with E-state index in [4.69, 9.17) is 10.2 Å². The summed E-state index contributed by atoms with van der Waals surface area (Å²) in [6.45, 7) is 3.89. The van der Waals surface area contributed by atoms with E-state index in [0.717, 1.165) is 16.5 Å². The van der Waals surface area contributed by atoms with Crippen LogP contribution in [-0.2, 0) is 6.42 Å². The molecule has 0 aliphatic heterocycles. The molecule has 0 bridgehead atoms. The molecule has 0 radical (unpaired) electrons. The molecular weight excluding hydrogens is 190 g/mol. The van der Waals surface area contributed by atoms with E-state index in [1.807, 2.05) is 26.0 Å². The standard InChI is InChI=1S/C12H13NO2/c1-3-9-7(2)10-5-4-8(13)6-11(10)15-12(9)14/h4-6H,3,13H2,1-2H3. The zero-order valence-corrected chi connectivity index (χ0v) is 8.83. The van der Waals surface area contributed by atoms with Crippen molar-refractivity contribution in [1.82, 2.24) is 0 Å². The van der Waals surface area contributed by atoms with Gasteiger partial charge in [0.2, 0.25) is 0 Å². The highest BCUT2D eigenvalue weighted by Crippen LogP contribution is 2.21. The van der Waals surface area contributed by atoms with Gasteiger partial charge in [-0.25, -0.2) is 4.79 Å². The molecule has 78 valence electrons. The molecule has 3 heteroatoms. The molecule has 0 fully saturated rings. The molecule has 0 saturated carbocycles. The first-order valence-electron chi connectivity index (χ1n) is 4.95. The quantitative estimate of drug-likeness (QED) is 0.571. The second-order valence-electron chi connectivity index (χ2n) is 3.60. The van der Waals surface area contributed by atoms with E-state index >= 15 is 0 Å². The Balaban J connectivity index is 2.91. The molecule has 1 heterocycles. The molecule has 2 N–H and O–H groups in total. The Labute approximate surface area is 87.5 Å². The summed E-state index contributed by atoms with van der Waals surface area (Å²) >= 11 is 0. The fourth-order valence-corrected chi connectivity index (χ4v) is 1.82. The lowest BCUT2D eigenvalue weighted by Crippen LogP contribution is -2.09. The van der Waals surface area contributed by atoms with E-state index in [2.05, 4.69) is 0 Å². The van der Waals surface area contributed by atoms with Crippen molar-refractivity contribution < 1.29 is 4.42 Å². The number of nitrogens with two attached hydrogens (primary N) is 1. The Kier molecular flexibility index (Phi) is 2.23. The number of hydrogen-bond acceptors (Lipinski definition) is 3. The van der Waals surface area contributed by atoms with Crippen molar-refractivity contribution in [3.05, 3.63) is 39.7 Å². The van der Waals surface area contributed by atoms with E-state index in [1.165, 1.54) is 0 Å². The number of nitrogen functional groups attached to an aromatic ring is 1. The van der Waals surface area contributed by atoms with Gasteiger partial charge in [0, 0.05) is 22.7 Å². The van der Waals surface area contributed by atoms with Crippen molar-refractivity contribution in [2.24, 2.45) is 0 Å².